The highest BCUT2D eigenvalue weighted by atomic mass is 16.1. The first-order valence-corrected chi connectivity index (χ1v) is 7.58. The zero-order valence-corrected chi connectivity index (χ0v) is 12.5. The van der Waals surface area contributed by atoms with Gasteiger partial charge in [-0.2, -0.15) is 0 Å². The van der Waals surface area contributed by atoms with Crippen LogP contribution in [0.3, 0.4) is 0 Å². The highest BCUT2D eigenvalue weighted by Gasteiger charge is 2.09. The Morgan fingerprint density at radius 2 is 2.09 bits per heavy atom. The second-order valence-corrected chi connectivity index (χ2v) is 5.49. The van der Waals surface area contributed by atoms with Crippen molar-refractivity contribution in [3.8, 4) is 0 Å². The maximum Gasteiger partial charge on any atom is 0.267 e. The standard InChI is InChI=1S/C18H16N4O/c23-18(16-10-12-4-1-2-6-15(12)22-16)20-9-7-13-11-21-17-14(13)5-3-8-19-17/h1-6,8,10-11,22H,7,9H2,(H,19,21)(H,20,23). The van der Waals surface area contributed by atoms with E-state index in [0.717, 1.165) is 33.9 Å². The van der Waals surface area contributed by atoms with E-state index in [1.165, 1.54) is 0 Å². The van der Waals surface area contributed by atoms with E-state index < -0.39 is 0 Å². The predicted molar refractivity (Wildman–Crippen MR) is 90.4 cm³/mol. The molecule has 3 heterocycles. The van der Waals surface area contributed by atoms with Gasteiger partial charge in [0, 0.05) is 35.2 Å². The summed E-state index contributed by atoms with van der Waals surface area (Å²) in [5.41, 5.74) is 3.60. The molecule has 5 heteroatoms. The summed E-state index contributed by atoms with van der Waals surface area (Å²) in [6.07, 6.45) is 4.48. The van der Waals surface area contributed by atoms with Crippen LogP contribution in [-0.4, -0.2) is 27.4 Å². The van der Waals surface area contributed by atoms with E-state index in [4.69, 9.17) is 0 Å². The minimum atomic E-state index is -0.0841. The monoisotopic (exact) mass is 304 g/mol. The van der Waals surface area contributed by atoms with Gasteiger partial charge >= 0.3 is 0 Å². The molecular weight excluding hydrogens is 288 g/mol. The number of aromatic nitrogens is 3. The number of para-hydroxylation sites is 1. The first-order valence-electron chi connectivity index (χ1n) is 7.58. The molecule has 3 aromatic heterocycles. The Hall–Kier alpha value is -3.08. The van der Waals surface area contributed by atoms with Gasteiger partial charge in [0.15, 0.2) is 0 Å². The Kier molecular flexibility index (Phi) is 3.31. The molecule has 114 valence electrons. The molecule has 0 aliphatic rings. The lowest BCUT2D eigenvalue weighted by Crippen LogP contribution is -2.25. The average Bonchev–Trinajstić information content (AvgIpc) is 3.19. The van der Waals surface area contributed by atoms with Crippen LogP contribution < -0.4 is 5.32 Å². The van der Waals surface area contributed by atoms with Crippen LogP contribution in [0.4, 0.5) is 0 Å². The lowest BCUT2D eigenvalue weighted by Gasteiger charge is -2.03. The lowest BCUT2D eigenvalue weighted by atomic mass is 10.1. The molecule has 23 heavy (non-hydrogen) atoms. The SMILES string of the molecule is O=C(NCCc1c[nH]c2ncccc12)c1cc2ccccc2[nH]1. The number of amides is 1. The second kappa shape index (κ2) is 5.61. The molecule has 0 fully saturated rings. The molecule has 4 aromatic rings. The summed E-state index contributed by atoms with van der Waals surface area (Å²) < 4.78 is 0. The number of benzene rings is 1. The Balaban J connectivity index is 1.43. The van der Waals surface area contributed by atoms with E-state index in [1.807, 2.05) is 48.7 Å². The third kappa shape index (κ3) is 2.57. The van der Waals surface area contributed by atoms with E-state index in [2.05, 4.69) is 20.3 Å². The Bertz CT molecular complexity index is 950. The van der Waals surface area contributed by atoms with Crippen molar-refractivity contribution in [2.75, 3.05) is 6.54 Å². The molecule has 1 amide bonds. The third-order valence-electron chi connectivity index (χ3n) is 3.99. The van der Waals surface area contributed by atoms with Crippen LogP contribution >= 0.6 is 0 Å². The van der Waals surface area contributed by atoms with E-state index >= 15 is 0 Å². The topological polar surface area (TPSA) is 73.6 Å². The molecule has 0 unspecified atom stereocenters. The second-order valence-electron chi connectivity index (χ2n) is 5.49. The Labute approximate surface area is 132 Å². The molecule has 0 saturated heterocycles. The number of carbonyl (C=O) groups excluding carboxylic acids is 1. The van der Waals surface area contributed by atoms with Crippen LogP contribution in [0.15, 0.2) is 54.9 Å². The molecule has 0 aliphatic heterocycles. The van der Waals surface area contributed by atoms with Gasteiger partial charge in [-0.25, -0.2) is 4.98 Å². The quantitative estimate of drug-likeness (QED) is 0.542. The van der Waals surface area contributed by atoms with Crippen LogP contribution in [0.2, 0.25) is 0 Å². The lowest BCUT2D eigenvalue weighted by molar-refractivity contribution is 0.0950. The first-order chi connectivity index (χ1) is 11.3. The van der Waals surface area contributed by atoms with Gasteiger partial charge in [-0.3, -0.25) is 4.79 Å². The summed E-state index contributed by atoms with van der Waals surface area (Å²) in [5, 5.41) is 5.10. The molecule has 4 rings (SSSR count). The fraction of sp³-hybridized carbons (Fsp3) is 0.111. The van der Waals surface area contributed by atoms with Gasteiger partial charge in [0.25, 0.3) is 5.91 Å². The number of pyridine rings is 1. The smallest absolute Gasteiger partial charge is 0.267 e. The molecular formula is C18H16N4O. The Morgan fingerprint density at radius 3 is 3.00 bits per heavy atom. The van der Waals surface area contributed by atoms with Crippen molar-refractivity contribution in [2.45, 2.75) is 6.42 Å². The first kappa shape index (κ1) is 13.6. The van der Waals surface area contributed by atoms with Crippen molar-refractivity contribution in [3.63, 3.8) is 0 Å². The van der Waals surface area contributed by atoms with Gasteiger partial charge in [0.05, 0.1) is 0 Å². The van der Waals surface area contributed by atoms with Crippen LogP contribution in [0.25, 0.3) is 21.9 Å². The summed E-state index contributed by atoms with van der Waals surface area (Å²) in [6, 6.07) is 13.7. The maximum absolute atomic E-state index is 12.2. The highest BCUT2D eigenvalue weighted by Crippen LogP contribution is 2.16. The van der Waals surface area contributed by atoms with Crippen LogP contribution in [-0.2, 0) is 6.42 Å². The molecule has 0 spiro atoms. The summed E-state index contributed by atoms with van der Waals surface area (Å²) in [7, 11) is 0. The average molecular weight is 304 g/mol. The van der Waals surface area contributed by atoms with Gasteiger partial charge in [0.2, 0.25) is 0 Å². The van der Waals surface area contributed by atoms with Crippen molar-refractivity contribution < 1.29 is 4.79 Å². The molecule has 0 bridgehead atoms. The van der Waals surface area contributed by atoms with Crippen molar-refractivity contribution in [1.82, 2.24) is 20.3 Å². The molecule has 5 nitrogen and oxygen atoms in total. The van der Waals surface area contributed by atoms with Crippen molar-refractivity contribution in [3.05, 3.63) is 66.1 Å². The van der Waals surface area contributed by atoms with Crippen molar-refractivity contribution >= 4 is 27.8 Å². The number of nitrogens with zero attached hydrogens (tertiary/aromatic N) is 1. The maximum atomic E-state index is 12.2. The van der Waals surface area contributed by atoms with E-state index in [9.17, 15) is 4.79 Å². The minimum absolute atomic E-state index is 0.0841. The van der Waals surface area contributed by atoms with E-state index in [1.54, 1.807) is 6.20 Å². The predicted octanol–water partition coefficient (Wildman–Crippen LogP) is 3.02. The molecule has 1 aromatic carbocycles. The Morgan fingerprint density at radius 1 is 1.17 bits per heavy atom. The number of hydrogen-bond acceptors (Lipinski definition) is 2. The fourth-order valence-electron chi connectivity index (χ4n) is 2.82. The van der Waals surface area contributed by atoms with Crippen molar-refractivity contribution in [2.24, 2.45) is 0 Å². The molecule has 3 N–H and O–H groups in total. The van der Waals surface area contributed by atoms with Crippen LogP contribution in [0.1, 0.15) is 16.1 Å². The van der Waals surface area contributed by atoms with Gasteiger partial charge in [-0.15, -0.1) is 0 Å². The zero-order chi connectivity index (χ0) is 15.6. The summed E-state index contributed by atoms with van der Waals surface area (Å²) in [5.74, 6) is -0.0841. The number of fused-ring (bicyclic) bond motifs is 2. The number of nitrogens with one attached hydrogen (secondary N) is 3. The number of carbonyl (C=O) groups is 1. The van der Waals surface area contributed by atoms with Crippen molar-refractivity contribution in [1.29, 1.82) is 0 Å². The molecule has 0 aliphatic carbocycles. The van der Waals surface area contributed by atoms with Gasteiger partial charge in [-0.05, 0) is 36.2 Å². The van der Waals surface area contributed by atoms with E-state index in [-0.39, 0.29) is 5.91 Å². The number of hydrogen-bond donors (Lipinski definition) is 3. The van der Waals surface area contributed by atoms with Gasteiger partial charge in [-0.1, -0.05) is 18.2 Å². The summed E-state index contributed by atoms with van der Waals surface area (Å²) in [4.78, 5) is 22.8. The summed E-state index contributed by atoms with van der Waals surface area (Å²) in [6.45, 7) is 0.579. The number of H-pyrrole nitrogens is 2. The zero-order valence-electron chi connectivity index (χ0n) is 12.5. The molecule has 0 radical (unpaired) electrons. The highest BCUT2D eigenvalue weighted by molar-refractivity contribution is 5.98. The fourth-order valence-corrected chi connectivity index (χ4v) is 2.82. The summed E-state index contributed by atoms with van der Waals surface area (Å²) >= 11 is 0. The number of aromatic amines is 2. The van der Waals surface area contributed by atoms with Gasteiger partial charge in [0.1, 0.15) is 11.3 Å². The largest absolute Gasteiger partial charge is 0.351 e. The number of rotatable bonds is 4. The normalized spacial score (nSPS) is 11.1. The minimum Gasteiger partial charge on any atom is -0.351 e. The van der Waals surface area contributed by atoms with E-state index in [0.29, 0.717) is 12.2 Å². The molecule has 0 atom stereocenters. The third-order valence-corrected chi connectivity index (χ3v) is 3.99. The van der Waals surface area contributed by atoms with Crippen LogP contribution in [0.5, 0.6) is 0 Å². The molecule has 0 saturated carbocycles. The van der Waals surface area contributed by atoms with Gasteiger partial charge < -0.3 is 15.3 Å². The van der Waals surface area contributed by atoms with Crippen LogP contribution in [0, 0.1) is 0 Å².